The summed E-state index contributed by atoms with van der Waals surface area (Å²) in [6.07, 6.45) is 4.25. The molecule has 0 spiro atoms. The molecule has 0 saturated heterocycles. The van der Waals surface area contributed by atoms with E-state index in [0.29, 0.717) is 19.0 Å². The van der Waals surface area contributed by atoms with Crippen LogP contribution in [0.5, 0.6) is 0 Å². The topological polar surface area (TPSA) is 81.1 Å². The van der Waals surface area contributed by atoms with E-state index in [1.54, 1.807) is 12.7 Å². The molecule has 3 N–H and O–H groups in total. The lowest BCUT2D eigenvalue weighted by Crippen LogP contribution is -2.22. The van der Waals surface area contributed by atoms with Gasteiger partial charge in [-0.3, -0.25) is 0 Å². The van der Waals surface area contributed by atoms with E-state index in [9.17, 15) is 0 Å². The third kappa shape index (κ3) is 5.36. The predicted molar refractivity (Wildman–Crippen MR) is 126 cm³/mol. The zero-order chi connectivity index (χ0) is 21.5. The number of hydrogen-bond donors (Lipinski definition) is 2. The Morgan fingerprint density at radius 2 is 1.84 bits per heavy atom. The number of aryl methyl sites for hydroxylation is 1. The number of rotatable bonds is 7. The lowest BCUT2D eigenvalue weighted by Gasteiger charge is -2.10. The average molecular weight is 411 g/mol. The van der Waals surface area contributed by atoms with Gasteiger partial charge in [-0.2, -0.15) is 5.10 Å². The number of benzene rings is 3. The molecule has 0 aliphatic carbocycles. The van der Waals surface area contributed by atoms with Crippen LogP contribution in [0.4, 0.5) is 5.69 Å². The maximum atomic E-state index is 6.14. The van der Waals surface area contributed by atoms with Crippen molar-refractivity contribution >= 4 is 11.6 Å². The van der Waals surface area contributed by atoms with E-state index < -0.39 is 0 Å². The van der Waals surface area contributed by atoms with E-state index in [1.807, 2.05) is 28.9 Å². The summed E-state index contributed by atoms with van der Waals surface area (Å²) in [6.45, 7) is 3.34. The summed E-state index contributed by atoms with van der Waals surface area (Å²) in [5.74, 6) is 0.409. The van der Waals surface area contributed by atoms with E-state index in [2.05, 4.69) is 75.8 Å². The molecule has 6 heteroatoms. The van der Waals surface area contributed by atoms with E-state index in [0.717, 1.165) is 28.8 Å². The molecular weight excluding hydrogens is 384 g/mol. The Kier molecular flexibility index (Phi) is 6.38. The maximum absolute atomic E-state index is 6.14. The van der Waals surface area contributed by atoms with Crippen molar-refractivity contribution in [3.8, 4) is 11.1 Å². The molecule has 31 heavy (non-hydrogen) atoms. The first kappa shape index (κ1) is 20.3. The highest BCUT2D eigenvalue weighted by Crippen LogP contribution is 2.25. The minimum atomic E-state index is 0.409. The Morgan fingerprint density at radius 1 is 1.00 bits per heavy atom. The van der Waals surface area contributed by atoms with Crippen LogP contribution in [0.1, 0.15) is 23.6 Å². The molecule has 0 saturated carbocycles. The van der Waals surface area contributed by atoms with Crippen molar-refractivity contribution in [2.75, 3.05) is 5.32 Å². The summed E-state index contributed by atoms with van der Waals surface area (Å²) in [6, 6.07) is 25.0. The van der Waals surface area contributed by atoms with E-state index in [-0.39, 0.29) is 0 Å². The largest absolute Gasteiger partial charge is 0.370 e. The first-order chi connectivity index (χ1) is 15.2. The van der Waals surface area contributed by atoms with Crippen molar-refractivity contribution in [1.82, 2.24) is 14.8 Å². The number of nitrogens with one attached hydrogen (secondary N) is 1. The Balaban J connectivity index is 1.47. The average Bonchev–Trinajstić information content (AvgIpc) is 3.32. The summed E-state index contributed by atoms with van der Waals surface area (Å²) in [7, 11) is 0. The van der Waals surface area contributed by atoms with Crippen molar-refractivity contribution in [2.45, 2.75) is 26.4 Å². The Hall–Kier alpha value is -3.93. The lowest BCUT2D eigenvalue weighted by atomic mass is 9.98. The van der Waals surface area contributed by atoms with Gasteiger partial charge in [0, 0.05) is 5.69 Å². The van der Waals surface area contributed by atoms with Crippen LogP contribution in [-0.2, 0) is 19.5 Å². The van der Waals surface area contributed by atoms with Crippen molar-refractivity contribution in [3.05, 3.63) is 102 Å². The fourth-order valence-electron chi connectivity index (χ4n) is 3.46. The van der Waals surface area contributed by atoms with Crippen LogP contribution >= 0.6 is 0 Å². The predicted octanol–water partition coefficient (Wildman–Crippen LogP) is 4.48. The van der Waals surface area contributed by atoms with Gasteiger partial charge in [-0.15, -0.1) is 0 Å². The first-order valence-corrected chi connectivity index (χ1v) is 10.4. The van der Waals surface area contributed by atoms with Gasteiger partial charge in [-0.25, -0.2) is 14.7 Å². The smallest absolute Gasteiger partial charge is 0.193 e. The molecule has 3 aromatic carbocycles. The quantitative estimate of drug-likeness (QED) is 0.348. The number of aromatic nitrogens is 3. The van der Waals surface area contributed by atoms with Crippen LogP contribution < -0.4 is 11.1 Å². The normalized spacial score (nSPS) is 11.5. The minimum absolute atomic E-state index is 0.409. The summed E-state index contributed by atoms with van der Waals surface area (Å²) >= 11 is 0. The molecule has 1 heterocycles. The number of nitrogens with two attached hydrogens (primary N) is 1. The van der Waals surface area contributed by atoms with Gasteiger partial charge >= 0.3 is 0 Å². The highest BCUT2D eigenvalue weighted by molar-refractivity contribution is 5.92. The zero-order valence-corrected chi connectivity index (χ0v) is 17.6. The molecule has 4 aromatic rings. The molecule has 1 aromatic heterocycles. The molecule has 156 valence electrons. The molecule has 6 nitrogen and oxygen atoms in total. The van der Waals surface area contributed by atoms with Gasteiger partial charge in [0.1, 0.15) is 12.7 Å². The van der Waals surface area contributed by atoms with Crippen LogP contribution in [0.15, 0.2) is 90.4 Å². The number of guanidine groups is 1. The van der Waals surface area contributed by atoms with Gasteiger partial charge in [-0.1, -0.05) is 67.6 Å². The second-order valence-corrected chi connectivity index (χ2v) is 7.33. The van der Waals surface area contributed by atoms with Crippen LogP contribution in [0.2, 0.25) is 0 Å². The van der Waals surface area contributed by atoms with E-state index >= 15 is 0 Å². The standard InChI is InChI=1S/C25H26N6/c1-2-19-6-5-8-23(14-19)30-25(26)28-15-22-7-3-4-9-24(22)21-12-10-20(11-13-21)16-31-18-27-17-29-31/h3-14,17-18H,2,15-16H2,1H3,(H3,26,28,30). The Bertz CT molecular complexity index is 1150. The molecule has 0 amide bonds. The van der Waals surface area contributed by atoms with Crippen LogP contribution in [0, 0.1) is 0 Å². The minimum Gasteiger partial charge on any atom is -0.370 e. The molecule has 0 radical (unpaired) electrons. The van der Waals surface area contributed by atoms with Gasteiger partial charge in [0.05, 0.1) is 13.1 Å². The molecule has 0 unspecified atom stereocenters. The van der Waals surface area contributed by atoms with E-state index in [4.69, 9.17) is 5.73 Å². The molecule has 0 atom stereocenters. The SMILES string of the molecule is CCc1cccc(NC(N)=NCc2ccccc2-c2ccc(Cn3cncn3)cc2)c1. The fraction of sp³-hybridized carbons (Fsp3) is 0.160. The first-order valence-electron chi connectivity index (χ1n) is 10.4. The molecule has 0 aliphatic heterocycles. The molecular formula is C25H26N6. The zero-order valence-electron chi connectivity index (χ0n) is 17.6. The number of hydrogen-bond acceptors (Lipinski definition) is 3. The second-order valence-electron chi connectivity index (χ2n) is 7.33. The Labute approximate surface area is 182 Å². The number of anilines is 1. The molecule has 0 aliphatic rings. The summed E-state index contributed by atoms with van der Waals surface area (Å²) < 4.78 is 1.81. The van der Waals surface area contributed by atoms with Crippen LogP contribution in [0.3, 0.4) is 0 Å². The van der Waals surface area contributed by atoms with Crippen molar-refractivity contribution in [3.63, 3.8) is 0 Å². The fourth-order valence-corrected chi connectivity index (χ4v) is 3.46. The number of nitrogens with zero attached hydrogens (tertiary/aromatic N) is 4. The second kappa shape index (κ2) is 9.71. The third-order valence-electron chi connectivity index (χ3n) is 5.12. The molecule has 0 bridgehead atoms. The van der Waals surface area contributed by atoms with Gasteiger partial charge in [0.25, 0.3) is 0 Å². The molecule has 0 fully saturated rings. The molecule has 4 rings (SSSR count). The summed E-state index contributed by atoms with van der Waals surface area (Å²) in [5.41, 5.74) is 13.0. The number of aliphatic imine (C=N–C) groups is 1. The highest BCUT2D eigenvalue weighted by atomic mass is 15.3. The Morgan fingerprint density at radius 3 is 2.61 bits per heavy atom. The summed E-state index contributed by atoms with van der Waals surface area (Å²) in [5, 5.41) is 7.35. The third-order valence-corrected chi connectivity index (χ3v) is 5.12. The summed E-state index contributed by atoms with van der Waals surface area (Å²) in [4.78, 5) is 8.55. The van der Waals surface area contributed by atoms with Crippen LogP contribution in [0.25, 0.3) is 11.1 Å². The van der Waals surface area contributed by atoms with Crippen molar-refractivity contribution in [1.29, 1.82) is 0 Å². The van der Waals surface area contributed by atoms with E-state index in [1.165, 1.54) is 11.1 Å². The van der Waals surface area contributed by atoms with Crippen molar-refractivity contribution < 1.29 is 0 Å². The monoisotopic (exact) mass is 410 g/mol. The van der Waals surface area contributed by atoms with Gasteiger partial charge in [0.15, 0.2) is 5.96 Å². The maximum Gasteiger partial charge on any atom is 0.193 e. The van der Waals surface area contributed by atoms with Crippen molar-refractivity contribution in [2.24, 2.45) is 10.7 Å². The lowest BCUT2D eigenvalue weighted by molar-refractivity contribution is 0.685. The highest BCUT2D eigenvalue weighted by Gasteiger charge is 2.06. The van der Waals surface area contributed by atoms with Gasteiger partial charge < -0.3 is 11.1 Å². The van der Waals surface area contributed by atoms with Gasteiger partial charge in [0.2, 0.25) is 0 Å². The van der Waals surface area contributed by atoms with Crippen LogP contribution in [-0.4, -0.2) is 20.7 Å². The van der Waals surface area contributed by atoms with Gasteiger partial charge in [-0.05, 0) is 46.4 Å².